The van der Waals surface area contributed by atoms with Crippen LogP contribution in [0.1, 0.15) is 41.9 Å². The molecule has 118 valence electrons. The number of rotatable bonds is 5. The number of hydrogen-bond donors (Lipinski definition) is 0. The van der Waals surface area contributed by atoms with Gasteiger partial charge in [-0.3, -0.25) is 9.09 Å². The number of benzene rings is 1. The molecule has 7 nitrogen and oxygen atoms in total. The molecule has 8 heteroatoms. The monoisotopic (exact) mass is 316 g/mol. The van der Waals surface area contributed by atoms with E-state index < -0.39 is 5.76 Å². The summed E-state index contributed by atoms with van der Waals surface area (Å²) in [4.78, 5) is 11.8. The molecular formula is C15H13FN4O3. The minimum absolute atomic E-state index is 0.110. The van der Waals surface area contributed by atoms with E-state index in [1.807, 2.05) is 0 Å². The van der Waals surface area contributed by atoms with Crippen molar-refractivity contribution in [1.82, 2.24) is 19.9 Å². The first-order chi connectivity index (χ1) is 11.2. The van der Waals surface area contributed by atoms with Crippen LogP contribution in [0.25, 0.3) is 0 Å². The number of aromatic nitrogens is 4. The number of halogens is 1. The Morgan fingerprint density at radius 3 is 2.74 bits per heavy atom. The largest absolute Gasteiger partial charge is 0.442 e. The zero-order valence-corrected chi connectivity index (χ0v) is 12.1. The third kappa shape index (κ3) is 2.92. The van der Waals surface area contributed by atoms with Crippen LogP contribution in [0.2, 0.25) is 0 Å². The molecule has 0 aliphatic heterocycles. The normalized spacial score (nSPS) is 14.3. The van der Waals surface area contributed by atoms with Gasteiger partial charge in [-0.05, 0) is 30.5 Å². The van der Waals surface area contributed by atoms with Crippen molar-refractivity contribution in [3.63, 3.8) is 0 Å². The molecule has 3 aromatic rings. The zero-order valence-electron chi connectivity index (χ0n) is 12.1. The van der Waals surface area contributed by atoms with Gasteiger partial charge in [0.05, 0.1) is 0 Å². The molecule has 0 amide bonds. The second kappa shape index (κ2) is 5.45. The molecule has 1 aliphatic rings. The molecule has 0 N–H and O–H groups in total. The Bertz CT molecular complexity index is 877. The van der Waals surface area contributed by atoms with Crippen LogP contribution < -0.4 is 5.76 Å². The molecule has 1 aromatic carbocycles. The van der Waals surface area contributed by atoms with Crippen LogP contribution in [0.4, 0.5) is 4.39 Å². The molecule has 1 fully saturated rings. The average Bonchev–Trinajstić information content (AvgIpc) is 3.21. The highest BCUT2D eigenvalue weighted by molar-refractivity contribution is 5.19. The Morgan fingerprint density at radius 2 is 2.00 bits per heavy atom. The summed E-state index contributed by atoms with van der Waals surface area (Å²) in [5.41, 5.74) is 0.817. The molecule has 0 spiro atoms. The molecule has 0 atom stereocenters. The highest BCUT2D eigenvalue weighted by Gasteiger charge is 2.29. The molecule has 0 saturated heterocycles. The van der Waals surface area contributed by atoms with Crippen molar-refractivity contribution in [1.29, 1.82) is 0 Å². The van der Waals surface area contributed by atoms with Crippen LogP contribution in [0.15, 0.2) is 38.0 Å². The Kier molecular flexibility index (Phi) is 3.29. The molecule has 0 radical (unpaired) electrons. The fraction of sp³-hybridized carbons (Fsp3) is 0.333. The van der Waals surface area contributed by atoms with E-state index in [1.54, 1.807) is 12.1 Å². The van der Waals surface area contributed by atoms with Gasteiger partial charge in [0.2, 0.25) is 11.8 Å². The summed E-state index contributed by atoms with van der Waals surface area (Å²) in [7, 11) is 0. The summed E-state index contributed by atoms with van der Waals surface area (Å²) in [6.45, 7) is 0.110. The minimum atomic E-state index is -0.590. The van der Waals surface area contributed by atoms with Crippen molar-refractivity contribution >= 4 is 0 Å². The fourth-order valence-corrected chi connectivity index (χ4v) is 2.33. The minimum Gasteiger partial charge on any atom is -0.423 e. The standard InChI is InChI=1S/C15H13FN4O3/c16-11-5-1-9(2-6-11)7-12-19-23-15(21)20(12)8-13-17-18-14(22-13)10-3-4-10/h1-2,5-6,10H,3-4,7-8H2. The lowest BCUT2D eigenvalue weighted by molar-refractivity contribution is 0.370. The van der Waals surface area contributed by atoms with Gasteiger partial charge >= 0.3 is 5.76 Å². The lowest BCUT2D eigenvalue weighted by Gasteiger charge is -2.02. The fourth-order valence-electron chi connectivity index (χ4n) is 2.33. The Labute approximate surface area is 129 Å². The molecule has 0 bridgehead atoms. The predicted molar refractivity (Wildman–Crippen MR) is 75.3 cm³/mol. The van der Waals surface area contributed by atoms with E-state index in [0.29, 0.717) is 29.9 Å². The third-order valence-corrected chi connectivity index (χ3v) is 3.74. The van der Waals surface area contributed by atoms with E-state index in [0.717, 1.165) is 18.4 Å². The first-order valence-corrected chi connectivity index (χ1v) is 7.31. The van der Waals surface area contributed by atoms with Gasteiger partial charge in [-0.2, -0.15) is 0 Å². The number of hydrogen-bond acceptors (Lipinski definition) is 6. The van der Waals surface area contributed by atoms with Crippen molar-refractivity contribution in [3.05, 3.63) is 63.8 Å². The topological polar surface area (TPSA) is 87.0 Å². The van der Waals surface area contributed by atoms with Crippen molar-refractivity contribution in [2.24, 2.45) is 0 Å². The van der Waals surface area contributed by atoms with E-state index in [1.165, 1.54) is 16.7 Å². The first kappa shape index (κ1) is 13.9. The highest BCUT2D eigenvalue weighted by Crippen LogP contribution is 2.39. The maximum absolute atomic E-state index is 13.0. The van der Waals surface area contributed by atoms with Crippen LogP contribution in [0, 0.1) is 5.82 Å². The molecular weight excluding hydrogens is 303 g/mol. The second-order valence-electron chi connectivity index (χ2n) is 5.56. The summed E-state index contributed by atoms with van der Waals surface area (Å²) in [6, 6.07) is 5.99. The summed E-state index contributed by atoms with van der Waals surface area (Å²) in [6.07, 6.45) is 2.46. The van der Waals surface area contributed by atoms with Gasteiger partial charge in [-0.15, -0.1) is 10.2 Å². The van der Waals surface area contributed by atoms with Crippen molar-refractivity contribution in [2.75, 3.05) is 0 Å². The Hall–Kier alpha value is -2.77. The van der Waals surface area contributed by atoms with Crippen molar-refractivity contribution < 1.29 is 13.3 Å². The van der Waals surface area contributed by atoms with E-state index in [4.69, 9.17) is 8.94 Å². The SMILES string of the molecule is O=c1onc(Cc2ccc(F)cc2)n1Cc1nnc(C2CC2)o1. The second-order valence-corrected chi connectivity index (χ2v) is 5.56. The van der Waals surface area contributed by atoms with Crippen LogP contribution in [-0.2, 0) is 13.0 Å². The van der Waals surface area contributed by atoms with Gasteiger partial charge < -0.3 is 4.42 Å². The van der Waals surface area contributed by atoms with Crippen molar-refractivity contribution in [3.8, 4) is 0 Å². The highest BCUT2D eigenvalue weighted by atomic mass is 19.1. The van der Waals surface area contributed by atoms with Crippen molar-refractivity contribution in [2.45, 2.75) is 31.7 Å². The Balaban J connectivity index is 1.56. The van der Waals surface area contributed by atoms with Crippen LogP contribution in [0.5, 0.6) is 0 Å². The summed E-state index contributed by atoms with van der Waals surface area (Å²) < 4.78 is 24.6. The van der Waals surface area contributed by atoms with E-state index in [-0.39, 0.29) is 12.4 Å². The quantitative estimate of drug-likeness (QED) is 0.714. The maximum atomic E-state index is 13.0. The zero-order chi connectivity index (χ0) is 15.8. The van der Waals surface area contributed by atoms with Gasteiger partial charge in [0.15, 0.2) is 5.82 Å². The average molecular weight is 316 g/mol. The molecule has 23 heavy (non-hydrogen) atoms. The number of nitrogens with zero attached hydrogens (tertiary/aromatic N) is 4. The van der Waals surface area contributed by atoms with E-state index in [9.17, 15) is 9.18 Å². The third-order valence-electron chi connectivity index (χ3n) is 3.74. The van der Waals surface area contributed by atoms with E-state index >= 15 is 0 Å². The van der Waals surface area contributed by atoms with Gasteiger partial charge in [0, 0.05) is 12.3 Å². The molecule has 2 aromatic heterocycles. The lowest BCUT2D eigenvalue weighted by atomic mass is 10.1. The summed E-state index contributed by atoms with van der Waals surface area (Å²) in [5, 5.41) is 11.7. The molecule has 4 rings (SSSR count). The van der Waals surface area contributed by atoms with Crippen LogP contribution >= 0.6 is 0 Å². The molecule has 0 unspecified atom stereocenters. The Morgan fingerprint density at radius 1 is 1.22 bits per heavy atom. The van der Waals surface area contributed by atoms with Crippen LogP contribution in [0.3, 0.4) is 0 Å². The smallest absolute Gasteiger partial charge is 0.423 e. The molecule has 2 heterocycles. The van der Waals surface area contributed by atoms with E-state index in [2.05, 4.69) is 15.4 Å². The summed E-state index contributed by atoms with van der Waals surface area (Å²) >= 11 is 0. The van der Waals surface area contributed by atoms with Gasteiger partial charge in [0.25, 0.3) is 0 Å². The first-order valence-electron chi connectivity index (χ1n) is 7.31. The lowest BCUT2D eigenvalue weighted by Crippen LogP contribution is -2.18. The van der Waals surface area contributed by atoms with Gasteiger partial charge in [-0.1, -0.05) is 17.3 Å². The predicted octanol–water partition coefficient (Wildman–Crippen LogP) is 1.87. The summed E-state index contributed by atoms with van der Waals surface area (Å²) in [5.74, 6) is 0.835. The maximum Gasteiger partial charge on any atom is 0.442 e. The molecule has 1 aliphatic carbocycles. The van der Waals surface area contributed by atoms with Gasteiger partial charge in [-0.25, -0.2) is 9.18 Å². The van der Waals surface area contributed by atoms with Gasteiger partial charge in [0.1, 0.15) is 12.4 Å². The molecule has 1 saturated carbocycles. The van der Waals surface area contributed by atoms with Crippen LogP contribution in [-0.4, -0.2) is 19.9 Å².